The second-order valence-electron chi connectivity index (χ2n) is 4.21. The van der Waals surface area contributed by atoms with Crippen LogP contribution in [0.1, 0.15) is 16.8 Å². The van der Waals surface area contributed by atoms with E-state index in [9.17, 15) is 9.59 Å². The number of pyridine rings is 1. The van der Waals surface area contributed by atoms with E-state index in [1.165, 1.54) is 12.3 Å². The normalized spacial score (nSPS) is 19.2. The molecule has 1 amide bonds. The number of carbonyl (C=O) groups is 2. The molecule has 1 unspecified atom stereocenters. The summed E-state index contributed by atoms with van der Waals surface area (Å²) in [5.41, 5.74) is 0.441. The molecule has 0 aliphatic carbocycles. The third-order valence-corrected chi connectivity index (χ3v) is 3.01. The first-order valence-electron chi connectivity index (χ1n) is 5.80. The van der Waals surface area contributed by atoms with Crippen molar-refractivity contribution in [2.24, 2.45) is 0 Å². The van der Waals surface area contributed by atoms with E-state index in [1.807, 2.05) is 0 Å². The van der Waals surface area contributed by atoms with Gasteiger partial charge in [-0.2, -0.15) is 0 Å². The topological polar surface area (TPSA) is 79.7 Å². The molecule has 1 aromatic heterocycles. The van der Waals surface area contributed by atoms with Gasteiger partial charge in [0.25, 0.3) is 5.91 Å². The van der Waals surface area contributed by atoms with Crippen molar-refractivity contribution in [3.05, 3.63) is 29.0 Å². The van der Waals surface area contributed by atoms with E-state index >= 15 is 0 Å². The maximum atomic E-state index is 12.2. The maximum Gasteiger partial charge on any atom is 0.306 e. The first-order chi connectivity index (χ1) is 9.06. The number of carboxylic acid groups (broad SMARTS) is 1. The van der Waals surface area contributed by atoms with Gasteiger partial charge in [0, 0.05) is 24.8 Å². The molecule has 1 saturated heterocycles. The molecule has 2 heterocycles. The highest BCUT2D eigenvalue weighted by Gasteiger charge is 2.26. The number of aromatic nitrogens is 1. The molecule has 1 aromatic rings. The van der Waals surface area contributed by atoms with Crippen molar-refractivity contribution in [1.82, 2.24) is 9.88 Å². The van der Waals surface area contributed by atoms with Crippen molar-refractivity contribution in [2.45, 2.75) is 12.5 Å². The first-order valence-corrected chi connectivity index (χ1v) is 6.18. The average Bonchev–Trinajstić information content (AvgIpc) is 2.37. The van der Waals surface area contributed by atoms with E-state index in [2.05, 4.69) is 4.98 Å². The minimum atomic E-state index is -0.939. The number of halogens is 1. The molecule has 19 heavy (non-hydrogen) atoms. The zero-order chi connectivity index (χ0) is 13.8. The van der Waals surface area contributed by atoms with Gasteiger partial charge in [-0.1, -0.05) is 11.6 Å². The largest absolute Gasteiger partial charge is 0.481 e. The molecule has 0 bridgehead atoms. The first kappa shape index (κ1) is 13.8. The molecule has 1 aliphatic rings. The Kier molecular flexibility index (Phi) is 4.34. The highest BCUT2D eigenvalue weighted by Crippen LogP contribution is 2.14. The maximum absolute atomic E-state index is 12.2. The molecule has 1 fully saturated rings. The number of nitrogens with zero attached hydrogens (tertiary/aromatic N) is 2. The number of ether oxygens (including phenoxy) is 1. The lowest BCUT2D eigenvalue weighted by atomic mass is 10.1. The number of amides is 1. The van der Waals surface area contributed by atoms with Crippen LogP contribution in [0, 0.1) is 0 Å². The highest BCUT2D eigenvalue weighted by molar-refractivity contribution is 6.29. The lowest BCUT2D eigenvalue weighted by Gasteiger charge is -2.32. The van der Waals surface area contributed by atoms with Crippen LogP contribution in [0.15, 0.2) is 18.3 Å². The van der Waals surface area contributed by atoms with Crippen LogP contribution < -0.4 is 0 Å². The number of carbonyl (C=O) groups excluding carboxylic acids is 1. The number of aliphatic carboxylic acids is 1. The quantitative estimate of drug-likeness (QED) is 0.839. The minimum absolute atomic E-state index is 0.110. The van der Waals surface area contributed by atoms with Crippen molar-refractivity contribution in [2.75, 3.05) is 19.7 Å². The molecule has 1 aliphatic heterocycles. The van der Waals surface area contributed by atoms with Crippen molar-refractivity contribution in [3.63, 3.8) is 0 Å². The van der Waals surface area contributed by atoms with Gasteiger partial charge < -0.3 is 14.7 Å². The van der Waals surface area contributed by atoms with E-state index < -0.39 is 12.1 Å². The van der Waals surface area contributed by atoms with Crippen LogP contribution in [0.3, 0.4) is 0 Å². The van der Waals surface area contributed by atoms with Crippen LogP contribution in [0.5, 0.6) is 0 Å². The fraction of sp³-hybridized carbons (Fsp3) is 0.417. The SMILES string of the molecule is O=C(O)CC1CN(C(=O)c2ccnc(Cl)c2)CCO1. The van der Waals surface area contributed by atoms with Crippen molar-refractivity contribution >= 4 is 23.5 Å². The fourth-order valence-electron chi connectivity index (χ4n) is 1.94. The standard InChI is InChI=1S/C12H13ClN2O4/c13-10-5-8(1-2-14-10)12(18)15-3-4-19-9(7-15)6-11(16)17/h1-2,5,9H,3-4,6-7H2,(H,16,17). The van der Waals surface area contributed by atoms with Crippen LogP contribution in [0.2, 0.25) is 5.15 Å². The van der Waals surface area contributed by atoms with Gasteiger partial charge >= 0.3 is 5.97 Å². The summed E-state index contributed by atoms with van der Waals surface area (Å²) in [6, 6.07) is 3.07. The number of hydrogen-bond donors (Lipinski definition) is 1. The summed E-state index contributed by atoms with van der Waals surface area (Å²) in [7, 11) is 0. The van der Waals surface area contributed by atoms with E-state index in [1.54, 1.807) is 11.0 Å². The Hall–Kier alpha value is -1.66. The molecule has 7 heteroatoms. The van der Waals surface area contributed by atoms with Gasteiger partial charge in [-0.3, -0.25) is 9.59 Å². The summed E-state index contributed by atoms with van der Waals surface area (Å²) in [5.74, 6) is -1.13. The summed E-state index contributed by atoms with van der Waals surface area (Å²) in [4.78, 5) is 28.3. The fourth-order valence-corrected chi connectivity index (χ4v) is 2.11. The van der Waals surface area contributed by atoms with Crippen molar-refractivity contribution in [1.29, 1.82) is 0 Å². The number of carboxylic acids is 1. The Bertz CT molecular complexity index is 494. The predicted molar refractivity (Wildman–Crippen MR) is 67.1 cm³/mol. The molecule has 0 aromatic carbocycles. The van der Waals surface area contributed by atoms with Crippen LogP contribution in [-0.4, -0.2) is 52.7 Å². The summed E-state index contributed by atoms with van der Waals surface area (Å²) in [5, 5.41) is 8.99. The van der Waals surface area contributed by atoms with E-state index in [-0.39, 0.29) is 24.0 Å². The lowest BCUT2D eigenvalue weighted by Crippen LogP contribution is -2.46. The van der Waals surface area contributed by atoms with Gasteiger partial charge in [0.05, 0.1) is 19.1 Å². The van der Waals surface area contributed by atoms with Crippen LogP contribution >= 0.6 is 11.6 Å². The Morgan fingerprint density at radius 2 is 2.37 bits per heavy atom. The third-order valence-electron chi connectivity index (χ3n) is 2.80. The molecule has 0 saturated carbocycles. The van der Waals surface area contributed by atoms with Crippen LogP contribution in [0.25, 0.3) is 0 Å². The van der Waals surface area contributed by atoms with Gasteiger partial charge in [0.15, 0.2) is 0 Å². The molecule has 2 rings (SSSR count). The average molecular weight is 285 g/mol. The molecule has 0 spiro atoms. The molecule has 1 N–H and O–H groups in total. The second-order valence-corrected chi connectivity index (χ2v) is 4.60. The summed E-state index contributed by atoms with van der Waals surface area (Å²) >= 11 is 5.74. The number of hydrogen-bond acceptors (Lipinski definition) is 4. The van der Waals surface area contributed by atoms with Crippen molar-refractivity contribution in [3.8, 4) is 0 Å². The van der Waals surface area contributed by atoms with Crippen LogP contribution in [0.4, 0.5) is 0 Å². The van der Waals surface area contributed by atoms with E-state index in [0.29, 0.717) is 18.7 Å². The molecule has 102 valence electrons. The number of morpholine rings is 1. The number of rotatable bonds is 3. The Labute approximate surface area is 114 Å². The Morgan fingerprint density at radius 1 is 1.58 bits per heavy atom. The molecule has 1 atom stereocenters. The van der Waals surface area contributed by atoms with Gasteiger partial charge in [-0.25, -0.2) is 4.98 Å². The Balaban J connectivity index is 2.04. The van der Waals surface area contributed by atoms with E-state index in [0.717, 1.165) is 0 Å². The smallest absolute Gasteiger partial charge is 0.306 e. The summed E-state index contributed by atoms with van der Waals surface area (Å²) < 4.78 is 5.32. The third kappa shape index (κ3) is 3.65. The zero-order valence-electron chi connectivity index (χ0n) is 10.1. The minimum Gasteiger partial charge on any atom is -0.481 e. The highest BCUT2D eigenvalue weighted by atomic mass is 35.5. The second kappa shape index (κ2) is 5.99. The van der Waals surface area contributed by atoms with Gasteiger partial charge in [0.2, 0.25) is 0 Å². The molecular formula is C12H13ClN2O4. The molecule has 0 radical (unpaired) electrons. The zero-order valence-corrected chi connectivity index (χ0v) is 10.8. The monoisotopic (exact) mass is 284 g/mol. The van der Waals surface area contributed by atoms with Gasteiger partial charge in [-0.15, -0.1) is 0 Å². The Morgan fingerprint density at radius 3 is 3.05 bits per heavy atom. The lowest BCUT2D eigenvalue weighted by molar-refractivity contribution is -0.141. The van der Waals surface area contributed by atoms with Gasteiger partial charge in [0.1, 0.15) is 5.15 Å². The van der Waals surface area contributed by atoms with Gasteiger partial charge in [-0.05, 0) is 12.1 Å². The molecular weight excluding hydrogens is 272 g/mol. The predicted octanol–water partition coefficient (Wildman–Crippen LogP) is 1.05. The van der Waals surface area contributed by atoms with E-state index in [4.69, 9.17) is 21.4 Å². The summed E-state index contributed by atoms with van der Waals surface area (Å²) in [6.45, 7) is 1.04. The molecule has 6 nitrogen and oxygen atoms in total. The summed E-state index contributed by atoms with van der Waals surface area (Å²) in [6.07, 6.45) is 0.888. The van der Waals surface area contributed by atoms with Crippen LogP contribution in [-0.2, 0) is 9.53 Å². The van der Waals surface area contributed by atoms with Crippen molar-refractivity contribution < 1.29 is 19.4 Å².